The van der Waals surface area contributed by atoms with Crippen LogP contribution < -0.4 is 10.6 Å². The van der Waals surface area contributed by atoms with Gasteiger partial charge in [-0.3, -0.25) is 0 Å². The molecule has 7 heteroatoms. The number of amides is 2. The van der Waals surface area contributed by atoms with Crippen LogP contribution in [0.2, 0.25) is 0 Å². The van der Waals surface area contributed by atoms with Gasteiger partial charge in [-0.05, 0) is 31.6 Å². The molecule has 0 bridgehead atoms. The molecule has 0 saturated carbocycles. The number of carboxylic acids is 1. The van der Waals surface area contributed by atoms with Gasteiger partial charge in [-0.2, -0.15) is 11.8 Å². The molecule has 6 nitrogen and oxygen atoms in total. The second-order valence-electron chi connectivity index (χ2n) is 5.04. The highest BCUT2D eigenvalue weighted by Crippen LogP contribution is 2.24. The van der Waals surface area contributed by atoms with Crippen molar-refractivity contribution in [3.05, 3.63) is 23.2 Å². The van der Waals surface area contributed by atoms with Gasteiger partial charge in [0.25, 0.3) is 0 Å². The molecule has 1 aromatic rings. The van der Waals surface area contributed by atoms with E-state index in [1.165, 1.54) is 18.9 Å². The summed E-state index contributed by atoms with van der Waals surface area (Å²) < 4.78 is 5.29. The summed E-state index contributed by atoms with van der Waals surface area (Å²) in [6.07, 6.45) is 3.63. The van der Waals surface area contributed by atoms with E-state index in [9.17, 15) is 9.59 Å². The number of urea groups is 1. The number of hydrogen-bond donors (Lipinski definition) is 3. The van der Waals surface area contributed by atoms with E-state index in [1.807, 2.05) is 11.8 Å². The van der Waals surface area contributed by atoms with Crippen LogP contribution in [0.4, 0.5) is 4.79 Å². The second-order valence-corrected chi connectivity index (χ2v) is 6.45. The van der Waals surface area contributed by atoms with Crippen molar-refractivity contribution in [3.8, 4) is 0 Å². The van der Waals surface area contributed by atoms with Crippen molar-refractivity contribution in [2.24, 2.45) is 0 Å². The zero-order valence-corrected chi connectivity index (χ0v) is 12.8. The maximum Gasteiger partial charge on any atom is 0.339 e. The Labute approximate surface area is 127 Å². The largest absolute Gasteiger partial charge is 0.478 e. The Morgan fingerprint density at radius 3 is 2.86 bits per heavy atom. The third-order valence-corrected chi connectivity index (χ3v) is 4.78. The molecule has 1 fully saturated rings. The molecule has 116 valence electrons. The molecule has 1 aliphatic rings. The van der Waals surface area contributed by atoms with Crippen LogP contribution in [0, 0.1) is 6.92 Å². The number of carbonyl (C=O) groups is 2. The monoisotopic (exact) mass is 312 g/mol. The Hall–Kier alpha value is -1.63. The fourth-order valence-electron chi connectivity index (χ4n) is 2.25. The van der Waals surface area contributed by atoms with Crippen LogP contribution in [0.3, 0.4) is 0 Å². The Balaban J connectivity index is 1.73. The van der Waals surface area contributed by atoms with Crippen molar-refractivity contribution < 1.29 is 19.1 Å². The molecule has 1 saturated heterocycles. The third kappa shape index (κ3) is 4.70. The van der Waals surface area contributed by atoms with Gasteiger partial charge in [0.05, 0.1) is 6.54 Å². The minimum absolute atomic E-state index is 0.130. The smallest absolute Gasteiger partial charge is 0.339 e. The summed E-state index contributed by atoms with van der Waals surface area (Å²) in [7, 11) is 0. The normalized spacial score (nSPS) is 18.2. The molecule has 1 unspecified atom stereocenters. The first kappa shape index (κ1) is 15.8. The van der Waals surface area contributed by atoms with Crippen LogP contribution in [0.1, 0.15) is 41.1 Å². The topological polar surface area (TPSA) is 91.6 Å². The lowest BCUT2D eigenvalue weighted by atomic mass is 10.2. The summed E-state index contributed by atoms with van der Waals surface area (Å²) in [5, 5.41) is 14.9. The number of nitrogens with one attached hydrogen (secondary N) is 2. The van der Waals surface area contributed by atoms with Gasteiger partial charge in [0, 0.05) is 11.8 Å². The first-order valence-corrected chi connectivity index (χ1v) is 8.07. The molecule has 0 aromatic carbocycles. The molecule has 1 aromatic heterocycles. The summed E-state index contributed by atoms with van der Waals surface area (Å²) in [6.45, 7) is 2.43. The van der Waals surface area contributed by atoms with Crippen molar-refractivity contribution in [2.45, 2.75) is 38.0 Å². The van der Waals surface area contributed by atoms with E-state index < -0.39 is 5.97 Å². The van der Waals surface area contributed by atoms with Gasteiger partial charge in [0.1, 0.15) is 17.1 Å². The van der Waals surface area contributed by atoms with E-state index in [-0.39, 0.29) is 18.1 Å². The Morgan fingerprint density at radius 1 is 1.43 bits per heavy atom. The fraction of sp³-hybridized carbons (Fsp3) is 0.571. The first-order chi connectivity index (χ1) is 10.1. The Kier molecular flexibility index (Phi) is 5.55. The summed E-state index contributed by atoms with van der Waals surface area (Å²) >= 11 is 1.90. The molecule has 0 aliphatic carbocycles. The molecular formula is C14H20N2O4S. The molecule has 21 heavy (non-hydrogen) atoms. The van der Waals surface area contributed by atoms with Gasteiger partial charge in [0.15, 0.2) is 0 Å². The minimum Gasteiger partial charge on any atom is -0.478 e. The van der Waals surface area contributed by atoms with Crippen molar-refractivity contribution in [1.82, 2.24) is 10.6 Å². The fourth-order valence-corrected chi connectivity index (χ4v) is 3.49. The van der Waals surface area contributed by atoms with Crippen molar-refractivity contribution in [1.29, 1.82) is 0 Å². The van der Waals surface area contributed by atoms with E-state index in [0.717, 1.165) is 12.2 Å². The number of aromatic carboxylic acids is 1. The summed E-state index contributed by atoms with van der Waals surface area (Å²) in [5.74, 6) is 0.920. The lowest BCUT2D eigenvalue weighted by Gasteiger charge is -2.21. The number of carboxylic acid groups (broad SMARTS) is 1. The predicted molar refractivity (Wildman–Crippen MR) is 80.7 cm³/mol. The molecule has 1 atom stereocenters. The molecule has 0 spiro atoms. The summed E-state index contributed by atoms with van der Waals surface area (Å²) in [5.41, 5.74) is 0.130. The maximum absolute atomic E-state index is 11.7. The molecule has 2 amide bonds. The van der Waals surface area contributed by atoms with Gasteiger partial charge in [-0.1, -0.05) is 6.42 Å². The number of thioether (sulfide) groups is 1. The second kappa shape index (κ2) is 7.40. The zero-order valence-electron chi connectivity index (χ0n) is 12.0. The van der Waals surface area contributed by atoms with E-state index in [0.29, 0.717) is 23.3 Å². The highest BCUT2D eigenvalue weighted by molar-refractivity contribution is 7.99. The number of aryl methyl sites for hydroxylation is 1. The van der Waals surface area contributed by atoms with Gasteiger partial charge in [-0.25, -0.2) is 9.59 Å². The van der Waals surface area contributed by atoms with Crippen molar-refractivity contribution in [2.75, 3.05) is 12.3 Å². The molecule has 3 N–H and O–H groups in total. The van der Waals surface area contributed by atoms with Crippen LogP contribution in [-0.4, -0.2) is 34.7 Å². The summed E-state index contributed by atoms with van der Waals surface area (Å²) in [6, 6.07) is 1.18. The number of furan rings is 1. The SMILES string of the molecule is Cc1oc(CNC(=O)NCC2CCCCS2)cc1C(=O)O. The lowest BCUT2D eigenvalue weighted by molar-refractivity contribution is 0.0695. The highest BCUT2D eigenvalue weighted by Gasteiger charge is 2.16. The molecule has 1 aliphatic heterocycles. The van der Waals surface area contributed by atoms with E-state index >= 15 is 0 Å². The van der Waals surface area contributed by atoms with Crippen LogP contribution >= 0.6 is 11.8 Å². The quantitative estimate of drug-likeness (QED) is 0.776. The van der Waals surface area contributed by atoms with Gasteiger partial charge in [0.2, 0.25) is 0 Å². The molecule has 0 radical (unpaired) electrons. The number of rotatable bonds is 5. The summed E-state index contributed by atoms with van der Waals surface area (Å²) in [4.78, 5) is 22.6. The molecular weight excluding hydrogens is 292 g/mol. The van der Waals surface area contributed by atoms with Crippen LogP contribution in [-0.2, 0) is 6.54 Å². The van der Waals surface area contributed by atoms with E-state index in [2.05, 4.69) is 10.6 Å². The molecule has 2 heterocycles. The van der Waals surface area contributed by atoms with Gasteiger partial charge >= 0.3 is 12.0 Å². The lowest BCUT2D eigenvalue weighted by Crippen LogP contribution is -2.39. The highest BCUT2D eigenvalue weighted by atomic mass is 32.2. The Morgan fingerprint density at radius 2 is 2.24 bits per heavy atom. The van der Waals surface area contributed by atoms with Crippen LogP contribution in [0.15, 0.2) is 10.5 Å². The van der Waals surface area contributed by atoms with Crippen molar-refractivity contribution in [3.63, 3.8) is 0 Å². The average molecular weight is 312 g/mol. The average Bonchev–Trinajstić information content (AvgIpc) is 2.85. The minimum atomic E-state index is -1.03. The van der Waals surface area contributed by atoms with Crippen LogP contribution in [0.25, 0.3) is 0 Å². The standard InChI is InChI=1S/C14H20N2O4S/c1-9-12(13(17)18)6-10(20-9)7-15-14(19)16-8-11-4-2-3-5-21-11/h6,11H,2-5,7-8H2,1H3,(H,17,18)(H2,15,16,19). The van der Waals surface area contributed by atoms with Gasteiger partial charge < -0.3 is 20.2 Å². The predicted octanol–water partition coefficient (Wildman–Crippen LogP) is 2.37. The first-order valence-electron chi connectivity index (χ1n) is 7.02. The maximum atomic E-state index is 11.7. The zero-order chi connectivity index (χ0) is 15.2. The van der Waals surface area contributed by atoms with Crippen LogP contribution in [0.5, 0.6) is 0 Å². The molecule has 2 rings (SSSR count). The Bertz CT molecular complexity index is 509. The van der Waals surface area contributed by atoms with Gasteiger partial charge in [-0.15, -0.1) is 0 Å². The van der Waals surface area contributed by atoms with Crippen molar-refractivity contribution >= 4 is 23.8 Å². The van der Waals surface area contributed by atoms with E-state index in [1.54, 1.807) is 6.92 Å². The number of carbonyl (C=O) groups excluding carboxylic acids is 1. The number of hydrogen-bond acceptors (Lipinski definition) is 4. The van der Waals surface area contributed by atoms with E-state index in [4.69, 9.17) is 9.52 Å². The third-order valence-electron chi connectivity index (χ3n) is 3.39.